The molecular formula is C16H22N2O5. The number of benzene rings is 1. The van der Waals surface area contributed by atoms with Gasteiger partial charge in [-0.25, -0.2) is 4.79 Å². The lowest BCUT2D eigenvalue weighted by molar-refractivity contribution is -0.137. The highest BCUT2D eigenvalue weighted by Gasteiger charge is 2.21. The van der Waals surface area contributed by atoms with Crippen molar-refractivity contribution < 1.29 is 24.2 Å². The van der Waals surface area contributed by atoms with E-state index >= 15 is 0 Å². The highest BCUT2D eigenvalue weighted by atomic mass is 16.5. The fraction of sp³-hybridized carbons (Fsp3) is 0.500. The van der Waals surface area contributed by atoms with E-state index in [4.69, 9.17) is 14.6 Å². The van der Waals surface area contributed by atoms with Crippen molar-refractivity contribution in [2.24, 2.45) is 0 Å². The zero-order chi connectivity index (χ0) is 16.8. The van der Waals surface area contributed by atoms with Gasteiger partial charge in [0.2, 0.25) is 0 Å². The van der Waals surface area contributed by atoms with Crippen LogP contribution in [0.15, 0.2) is 12.1 Å². The van der Waals surface area contributed by atoms with Gasteiger partial charge in [-0.2, -0.15) is 0 Å². The maximum atomic E-state index is 11.7. The van der Waals surface area contributed by atoms with E-state index in [0.717, 1.165) is 23.3 Å². The van der Waals surface area contributed by atoms with Crippen molar-refractivity contribution in [3.63, 3.8) is 0 Å². The van der Waals surface area contributed by atoms with Crippen molar-refractivity contribution in [2.45, 2.75) is 38.8 Å². The van der Waals surface area contributed by atoms with E-state index in [-0.39, 0.29) is 18.6 Å². The molecule has 1 atom stereocenters. The van der Waals surface area contributed by atoms with Crippen molar-refractivity contribution in [3.8, 4) is 11.5 Å². The van der Waals surface area contributed by atoms with Crippen LogP contribution in [0.1, 0.15) is 30.9 Å². The average molecular weight is 322 g/mol. The summed E-state index contributed by atoms with van der Waals surface area (Å²) in [6.07, 6.45) is 1.43. The fourth-order valence-corrected chi connectivity index (χ4v) is 2.49. The first-order chi connectivity index (χ1) is 11.0. The Morgan fingerprint density at radius 1 is 1.39 bits per heavy atom. The summed E-state index contributed by atoms with van der Waals surface area (Å²) in [6, 6.07) is 3.50. The molecule has 3 N–H and O–H groups in total. The van der Waals surface area contributed by atoms with Gasteiger partial charge in [0, 0.05) is 37.1 Å². The minimum atomic E-state index is -0.871. The summed E-state index contributed by atoms with van der Waals surface area (Å²) in [4.78, 5) is 22.1. The van der Waals surface area contributed by atoms with E-state index in [0.29, 0.717) is 25.3 Å². The Labute approximate surface area is 135 Å². The molecule has 0 fully saturated rings. The predicted molar refractivity (Wildman–Crippen MR) is 83.9 cm³/mol. The summed E-state index contributed by atoms with van der Waals surface area (Å²) in [5.41, 5.74) is 1.94. The number of ether oxygens (including phenoxy) is 2. The maximum absolute atomic E-state index is 11.7. The van der Waals surface area contributed by atoms with Crippen LogP contribution < -0.4 is 20.1 Å². The number of carboxylic acid groups (broad SMARTS) is 1. The third-order valence-corrected chi connectivity index (χ3v) is 3.59. The molecule has 7 heteroatoms. The minimum absolute atomic E-state index is 0.0362. The van der Waals surface area contributed by atoms with Crippen LogP contribution >= 0.6 is 0 Å². The van der Waals surface area contributed by atoms with Gasteiger partial charge in [-0.3, -0.25) is 4.79 Å². The minimum Gasteiger partial charge on any atom is -0.496 e. The number of hydrogen-bond acceptors (Lipinski definition) is 4. The quantitative estimate of drug-likeness (QED) is 0.664. The summed E-state index contributed by atoms with van der Waals surface area (Å²) < 4.78 is 11.1. The molecule has 1 heterocycles. The number of methoxy groups -OCH3 is 1. The molecule has 1 aliphatic rings. The van der Waals surface area contributed by atoms with Crippen molar-refractivity contribution in [1.82, 2.24) is 10.6 Å². The van der Waals surface area contributed by atoms with Crippen molar-refractivity contribution in [2.75, 3.05) is 13.7 Å². The Bertz CT molecular complexity index is 588. The zero-order valence-electron chi connectivity index (χ0n) is 13.3. The molecule has 23 heavy (non-hydrogen) atoms. The van der Waals surface area contributed by atoms with Crippen LogP contribution in [-0.2, 0) is 17.8 Å². The summed E-state index contributed by atoms with van der Waals surface area (Å²) >= 11 is 0. The van der Waals surface area contributed by atoms with Crippen molar-refractivity contribution in [1.29, 1.82) is 0 Å². The molecule has 0 bridgehead atoms. The molecule has 126 valence electrons. The van der Waals surface area contributed by atoms with E-state index in [1.165, 1.54) is 0 Å². The average Bonchev–Trinajstić information content (AvgIpc) is 2.87. The molecule has 1 unspecified atom stereocenters. The van der Waals surface area contributed by atoms with E-state index in [1.807, 2.05) is 19.1 Å². The number of carbonyl (C=O) groups excluding carboxylic acids is 1. The summed E-state index contributed by atoms with van der Waals surface area (Å²) in [6.45, 7) is 2.63. The number of carboxylic acids is 1. The molecule has 0 saturated heterocycles. The fourth-order valence-electron chi connectivity index (χ4n) is 2.49. The number of rotatable bonds is 7. The van der Waals surface area contributed by atoms with Gasteiger partial charge in [-0.05, 0) is 25.5 Å². The number of hydrogen-bond donors (Lipinski definition) is 3. The topological polar surface area (TPSA) is 96.9 Å². The smallest absolute Gasteiger partial charge is 0.315 e. The lowest BCUT2D eigenvalue weighted by Crippen LogP contribution is -2.35. The Morgan fingerprint density at radius 3 is 2.87 bits per heavy atom. The van der Waals surface area contributed by atoms with Crippen LogP contribution in [0.5, 0.6) is 11.5 Å². The summed E-state index contributed by atoms with van der Waals surface area (Å²) in [5.74, 6) is 0.675. The number of aliphatic carboxylic acids is 1. The standard InChI is InChI=1S/C16H22N2O5/c1-10-6-11-7-13(22-2)12(8-14(11)23-10)9-18-16(21)17-5-3-4-15(19)20/h7-8,10H,3-6,9H2,1-2H3,(H,19,20)(H2,17,18,21). The van der Waals surface area contributed by atoms with Crippen LogP contribution in [0.25, 0.3) is 0 Å². The highest BCUT2D eigenvalue weighted by molar-refractivity contribution is 5.74. The van der Waals surface area contributed by atoms with E-state index < -0.39 is 5.97 Å². The Hall–Kier alpha value is -2.44. The number of amides is 2. The Morgan fingerprint density at radius 2 is 2.17 bits per heavy atom. The van der Waals surface area contributed by atoms with Gasteiger partial charge in [-0.15, -0.1) is 0 Å². The third kappa shape index (κ3) is 4.77. The lowest BCUT2D eigenvalue weighted by atomic mass is 10.1. The maximum Gasteiger partial charge on any atom is 0.315 e. The SMILES string of the molecule is COc1cc2c(cc1CNC(=O)NCCCC(=O)O)OC(C)C2. The zero-order valence-corrected chi connectivity index (χ0v) is 13.3. The lowest BCUT2D eigenvalue weighted by Gasteiger charge is -2.12. The van der Waals surface area contributed by atoms with Crippen LogP contribution in [0.2, 0.25) is 0 Å². The largest absolute Gasteiger partial charge is 0.496 e. The van der Waals surface area contributed by atoms with Gasteiger partial charge in [0.15, 0.2) is 0 Å². The van der Waals surface area contributed by atoms with Gasteiger partial charge in [0.25, 0.3) is 0 Å². The van der Waals surface area contributed by atoms with Crippen LogP contribution in [-0.4, -0.2) is 36.9 Å². The number of nitrogens with one attached hydrogen (secondary N) is 2. The Kier molecular flexibility index (Phi) is 5.67. The molecular weight excluding hydrogens is 300 g/mol. The highest BCUT2D eigenvalue weighted by Crippen LogP contribution is 2.34. The monoisotopic (exact) mass is 322 g/mol. The number of urea groups is 1. The van der Waals surface area contributed by atoms with Gasteiger partial charge < -0.3 is 25.2 Å². The van der Waals surface area contributed by atoms with E-state index in [9.17, 15) is 9.59 Å². The number of fused-ring (bicyclic) bond motifs is 1. The first-order valence-electron chi connectivity index (χ1n) is 7.59. The molecule has 1 aliphatic heterocycles. The molecule has 1 aromatic rings. The second-order valence-corrected chi connectivity index (χ2v) is 5.51. The van der Waals surface area contributed by atoms with Crippen LogP contribution in [0.3, 0.4) is 0 Å². The first-order valence-corrected chi connectivity index (χ1v) is 7.59. The van der Waals surface area contributed by atoms with Crippen molar-refractivity contribution >= 4 is 12.0 Å². The molecule has 0 spiro atoms. The molecule has 0 saturated carbocycles. The molecule has 2 rings (SSSR count). The van der Waals surface area contributed by atoms with Gasteiger partial charge >= 0.3 is 12.0 Å². The summed E-state index contributed by atoms with van der Waals surface area (Å²) in [5, 5.41) is 13.9. The van der Waals surface area contributed by atoms with E-state index in [2.05, 4.69) is 10.6 Å². The first kappa shape index (κ1) is 16.9. The van der Waals surface area contributed by atoms with Gasteiger partial charge in [0.05, 0.1) is 7.11 Å². The molecule has 2 amide bonds. The van der Waals surface area contributed by atoms with Crippen molar-refractivity contribution in [3.05, 3.63) is 23.3 Å². The normalized spacial score (nSPS) is 15.5. The Balaban J connectivity index is 1.86. The van der Waals surface area contributed by atoms with Gasteiger partial charge in [-0.1, -0.05) is 0 Å². The molecule has 0 aliphatic carbocycles. The predicted octanol–water partition coefficient (Wildman–Crippen LogP) is 1.68. The number of carbonyl (C=O) groups is 2. The third-order valence-electron chi connectivity index (χ3n) is 3.59. The molecule has 0 radical (unpaired) electrons. The summed E-state index contributed by atoms with van der Waals surface area (Å²) in [7, 11) is 1.59. The second-order valence-electron chi connectivity index (χ2n) is 5.51. The van der Waals surface area contributed by atoms with Gasteiger partial charge in [0.1, 0.15) is 17.6 Å². The molecule has 0 aromatic heterocycles. The molecule has 1 aromatic carbocycles. The molecule has 7 nitrogen and oxygen atoms in total. The van der Waals surface area contributed by atoms with E-state index in [1.54, 1.807) is 7.11 Å². The van der Waals surface area contributed by atoms with Crippen LogP contribution in [0.4, 0.5) is 4.79 Å². The second kappa shape index (κ2) is 7.71. The van der Waals surface area contributed by atoms with Crippen LogP contribution in [0, 0.1) is 0 Å².